The summed E-state index contributed by atoms with van der Waals surface area (Å²) in [5.41, 5.74) is 0.807. The normalized spacial score (nSPS) is 14.6. The van der Waals surface area contributed by atoms with Gasteiger partial charge in [0.1, 0.15) is 11.6 Å². The molecule has 1 aromatic heterocycles. The van der Waals surface area contributed by atoms with Gasteiger partial charge in [0.25, 0.3) is 0 Å². The number of para-hydroxylation sites is 1. The third-order valence-corrected chi connectivity index (χ3v) is 5.76. The maximum absolute atomic E-state index is 12.0. The molecule has 1 aromatic carbocycles. The van der Waals surface area contributed by atoms with Crippen molar-refractivity contribution in [1.82, 2.24) is 20.1 Å². The third-order valence-electron chi connectivity index (χ3n) is 5.12. The predicted octanol–water partition coefficient (Wildman–Crippen LogP) is 3.50. The molecule has 7 heteroatoms. The average molecular weight is 389 g/mol. The summed E-state index contributed by atoms with van der Waals surface area (Å²) in [7, 11) is 0. The van der Waals surface area contributed by atoms with Crippen LogP contribution >= 0.6 is 11.8 Å². The highest BCUT2D eigenvalue weighted by Gasteiger charge is 2.23. The number of aromatic nitrogens is 3. The van der Waals surface area contributed by atoms with Gasteiger partial charge in [-0.15, -0.1) is 10.2 Å². The van der Waals surface area contributed by atoms with Gasteiger partial charge in [-0.2, -0.15) is 0 Å². The number of nitrogens with one attached hydrogen (secondary N) is 1. The van der Waals surface area contributed by atoms with Crippen LogP contribution < -0.4 is 5.32 Å². The van der Waals surface area contributed by atoms with Crippen LogP contribution in [0.25, 0.3) is 0 Å². The fraction of sp³-hybridized carbons (Fsp3) is 0.550. The number of aryl methyl sites for hydroxylation is 2. The topological polar surface area (TPSA) is 80.0 Å². The van der Waals surface area contributed by atoms with Crippen LogP contribution in [-0.2, 0) is 17.6 Å². The van der Waals surface area contributed by atoms with E-state index in [1.807, 2.05) is 18.4 Å². The fourth-order valence-electron chi connectivity index (χ4n) is 3.68. The van der Waals surface area contributed by atoms with Crippen molar-refractivity contribution in [3.05, 3.63) is 35.7 Å². The third kappa shape index (κ3) is 5.25. The number of hydrogen-bond acceptors (Lipinski definition) is 5. The fourth-order valence-corrected chi connectivity index (χ4v) is 4.25. The van der Waals surface area contributed by atoms with Crippen LogP contribution in [0, 0.1) is 0 Å². The van der Waals surface area contributed by atoms with Gasteiger partial charge in [0.15, 0.2) is 5.16 Å². The molecule has 27 heavy (non-hydrogen) atoms. The Hall–Kier alpha value is -2.02. The predicted molar refractivity (Wildman–Crippen MR) is 107 cm³/mol. The van der Waals surface area contributed by atoms with Gasteiger partial charge < -0.3 is 15.0 Å². The number of benzene rings is 1. The molecule has 146 valence electrons. The first kappa shape index (κ1) is 19.7. The van der Waals surface area contributed by atoms with Crippen molar-refractivity contribution in [2.24, 2.45) is 0 Å². The zero-order valence-corrected chi connectivity index (χ0v) is 16.7. The largest absolute Gasteiger partial charge is 0.508 e. The van der Waals surface area contributed by atoms with E-state index in [4.69, 9.17) is 0 Å². The van der Waals surface area contributed by atoms with E-state index in [0.717, 1.165) is 29.4 Å². The highest BCUT2D eigenvalue weighted by atomic mass is 32.2. The van der Waals surface area contributed by atoms with Crippen LogP contribution in [0.1, 0.15) is 56.0 Å². The first-order chi connectivity index (χ1) is 13.2. The molecule has 1 aliphatic rings. The molecule has 1 amide bonds. The number of phenols is 1. The Bertz CT molecular complexity index is 756. The number of carbonyl (C=O) groups is 1. The summed E-state index contributed by atoms with van der Waals surface area (Å²) in [6.45, 7) is 0.631. The van der Waals surface area contributed by atoms with Crippen LogP contribution in [0.3, 0.4) is 0 Å². The number of hydrogen-bond donors (Lipinski definition) is 2. The van der Waals surface area contributed by atoms with Crippen LogP contribution in [0.15, 0.2) is 29.4 Å². The van der Waals surface area contributed by atoms with Gasteiger partial charge in [-0.25, -0.2) is 0 Å². The minimum Gasteiger partial charge on any atom is -0.508 e. The number of phenolic OH excluding ortho intramolecular Hbond substituents is 1. The van der Waals surface area contributed by atoms with Crippen molar-refractivity contribution in [3.8, 4) is 5.75 Å². The molecule has 2 N–H and O–H groups in total. The van der Waals surface area contributed by atoms with Gasteiger partial charge in [-0.05, 0) is 43.6 Å². The Kier molecular flexibility index (Phi) is 7.15. The van der Waals surface area contributed by atoms with E-state index < -0.39 is 0 Å². The van der Waals surface area contributed by atoms with E-state index >= 15 is 0 Å². The van der Waals surface area contributed by atoms with E-state index in [1.165, 1.54) is 25.7 Å². The molecule has 0 atom stereocenters. The lowest BCUT2D eigenvalue weighted by molar-refractivity contribution is -0.121. The SMILES string of the molecule is CSc1nnc(CCCNC(=O)CCc2ccccc2O)n1C1CCCC1. The quantitative estimate of drug-likeness (QED) is 0.508. The summed E-state index contributed by atoms with van der Waals surface area (Å²) in [4.78, 5) is 12.0. The minimum absolute atomic E-state index is 0.0142. The molecule has 1 heterocycles. The van der Waals surface area contributed by atoms with Gasteiger partial charge in [0.05, 0.1) is 0 Å². The number of thioether (sulfide) groups is 1. The maximum atomic E-state index is 12.0. The van der Waals surface area contributed by atoms with E-state index in [0.29, 0.717) is 25.4 Å². The zero-order chi connectivity index (χ0) is 19.1. The molecular weight excluding hydrogens is 360 g/mol. The zero-order valence-electron chi connectivity index (χ0n) is 15.9. The van der Waals surface area contributed by atoms with Gasteiger partial charge >= 0.3 is 0 Å². The Morgan fingerprint density at radius 2 is 2.04 bits per heavy atom. The first-order valence-corrected chi connectivity index (χ1v) is 10.9. The Labute approximate surface area is 164 Å². The molecule has 1 fully saturated rings. The molecule has 2 aromatic rings. The van der Waals surface area contributed by atoms with E-state index in [9.17, 15) is 9.90 Å². The summed E-state index contributed by atoms with van der Waals surface area (Å²) in [5, 5.41) is 22.4. The lowest BCUT2D eigenvalue weighted by Crippen LogP contribution is -2.25. The second kappa shape index (κ2) is 9.78. The number of nitrogens with zero attached hydrogens (tertiary/aromatic N) is 3. The molecule has 1 saturated carbocycles. The van der Waals surface area contributed by atoms with Crippen molar-refractivity contribution >= 4 is 17.7 Å². The van der Waals surface area contributed by atoms with Crippen LogP contribution in [0.5, 0.6) is 5.75 Å². The lowest BCUT2D eigenvalue weighted by Gasteiger charge is -2.16. The number of rotatable bonds is 9. The molecule has 0 bridgehead atoms. The van der Waals surface area contributed by atoms with Crippen molar-refractivity contribution in [2.45, 2.75) is 62.6 Å². The molecule has 6 nitrogen and oxygen atoms in total. The van der Waals surface area contributed by atoms with Gasteiger partial charge in [0, 0.05) is 25.4 Å². The summed E-state index contributed by atoms with van der Waals surface area (Å²) >= 11 is 1.65. The van der Waals surface area contributed by atoms with E-state index in [1.54, 1.807) is 23.9 Å². The molecule has 1 aliphatic carbocycles. The molecule has 0 radical (unpaired) electrons. The highest BCUT2D eigenvalue weighted by Crippen LogP contribution is 2.33. The Morgan fingerprint density at radius 1 is 1.26 bits per heavy atom. The Balaban J connectivity index is 1.43. The minimum atomic E-state index is 0.0142. The standard InChI is InChI=1S/C20H28N4O2S/c1-27-20-23-22-18(24(20)16-8-3-4-9-16)11-6-14-21-19(26)13-12-15-7-2-5-10-17(15)25/h2,5,7,10,16,25H,3-4,6,8-9,11-14H2,1H3,(H,21,26). The van der Waals surface area contributed by atoms with Crippen molar-refractivity contribution < 1.29 is 9.90 Å². The van der Waals surface area contributed by atoms with Crippen LogP contribution in [-0.4, -0.2) is 38.6 Å². The molecule has 0 spiro atoms. The molecule has 0 saturated heterocycles. The number of aromatic hydroxyl groups is 1. The number of amides is 1. The lowest BCUT2D eigenvalue weighted by atomic mass is 10.1. The highest BCUT2D eigenvalue weighted by molar-refractivity contribution is 7.98. The smallest absolute Gasteiger partial charge is 0.220 e. The van der Waals surface area contributed by atoms with Gasteiger partial charge in [-0.1, -0.05) is 42.8 Å². The van der Waals surface area contributed by atoms with Crippen molar-refractivity contribution in [2.75, 3.05) is 12.8 Å². The second-order valence-electron chi connectivity index (χ2n) is 6.99. The summed E-state index contributed by atoms with van der Waals surface area (Å²) in [6, 6.07) is 7.69. The van der Waals surface area contributed by atoms with Crippen molar-refractivity contribution in [3.63, 3.8) is 0 Å². The first-order valence-electron chi connectivity index (χ1n) is 9.70. The van der Waals surface area contributed by atoms with E-state index in [2.05, 4.69) is 20.1 Å². The maximum Gasteiger partial charge on any atom is 0.220 e. The molecular formula is C20H28N4O2S. The average Bonchev–Trinajstić information content (AvgIpc) is 3.33. The van der Waals surface area contributed by atoms with Crippen molar-refractivity contribution in [1.29, 1.82) is 0 Å². The molecule has 3 rings (SSSR count). The summed E-state index contributed by atoms with van der Waals surface area (Å²) < 4.78 is 2.32. The van der Waals surface area contributed by atoms with Gasteiger partial charge in [-0.3, -0.25) is 4.79 Å². The second-order valence-corrected chi connectivity index (χ2v) is 7.77. The monoisotopic (exact) mass is 388 g/mol. The molecule has 0 unspecified atom stereocenters. The van der Waals surface area contributed by atoms with Gasteiger partial charge in [0.2, 0.25) is 5.91 Å². The number of carbonyl (C=O) groups excluding carboxylic acids is 1. The van der Waals surface area contributed by atoms with Crippen LogP contribution in [0.4, 0.5) is 0 Å². The van der Waals surface area contributed by atoms with Crippen LogP contribution in [0.2, 0.25) is 0 Å². The molecule has 0 aliphatic heterocycles. The van der Waals surface area contributed by atoms with E-state index in [-0.39, 0.29) is 11.7 Å². The summed E-state index contributed by atoms with van der Waals surface area (Å²) in [6.07, 6.45) is 9.63. The summed E-state index contributed by atoms with van der Waals surface area (Å²) in [5.74, 6) is 1.30. The Morgan fingerprint density at radius 3 is 2.78 bits per heavy atom.